The van der Waals surface area contributed by atoms with Gasteiger partial charge in [-0.2, -0.15) is 0 Å². The predicted molar refractivity (Wildman–Crippen MR) is 57.8 cm³/mol. The van der Waals surface area contributed by atoms with Crippen LogP contribution < -0.4 is 0 Å². The standard InChI is InChI=1S/C13H11F2/c1-2-13(14,15)12-9-5-7-10-6-3-4-8-11(10)12/h3-9H,1-2H2. The van der Waals surface area contributed by atoms with Gasteiger partial charge in [0, 0.05) is 12.0 Å². The predicted octanol–water partition coefficient (Wildman–Crippen LogP) is 4.16. The molecule has 0 heterocycles. The summed E-state index contributed by atoms with van der Waals surface area (Å²) in [5, 5.41) is 1.44. The van der Waals surface area contributed by atoms with Crippen LogP contribution in [0.1, 0.15) is 12.0 Å². The first-order chi connectivity index (χ1) is 7.15. The first-order valence-electron chi connectivity index (χ1n) is 4.80. The smallest absolute Gasteiger partial charge is 0.201 e. The van der Waals surface area contributed by atoms with E-state index in [-0.39, 0.29) is 5.56 Å². The molecule has 0 nitrogen and oxygen atoms in total. The molecule has 0 aliphatic rings. The third-order valence-corrected chi connectivity index (χ3v) is 2.50. The maximum atomic E-state index is 13.6. The van der Waals surface area contributed by atoms with Crippen LogP contribution in [-0.2, 0) is 5.92 Å². The van der Waals surface area contributed by atoms with E-state index in [0.29, 0.717) is 5.39 Å². The molecule has 1 radical (unpaired) electrons. The third-order valence-electron chi connectivity index (χ3n) is 2.50. The molecule has 0 atom stereocenters. The summed E-state index contributed by atoms with van der Waals surface area (Å²) >= 11 is 0. The molecular weight excluding hydrogens is 194 g/mol. The molecule has 0 aliphatic carbocycles. The Morgan fingerprint density at radius 1 is 1.00 bits per heavy atom. The lowest BCUT2D eigenvalue weighted by Crippen LogP contribution is -2.11. The second-order valence-electron chi connectivity index (χ2n) is 3.48. The minimum absolute atomic E-state index is 0.0654. The van der Waals surface area contributed by atoms with Crippen molar-refractivity contribution in [3.8, 4) is 0 Å². The molecule has 0 saturated carbocycles. The molecule has 0 aliphatic heterocycles. The fourth-order valence-corrected chi connectivity index (χ4v) is 1.68. The maximum absolute atomic E-state index is 13.6. The fraction of sp³-hybridized carbons (Fsp3) is 0.154. The van der Waals surface area contributed by atoms with Gasteiger partial charge in [0.1, 0.15) is 0 Å². The molecule has 0 bridgehead atoms. The Bertz CT molecular complexity index is 469. The average molecular weight is 205 g/mol. The van der Waals surface area contributed by atoms with Crippen molar-refractivity contribution in [3.63, 3.8) is 0 Å². The molecule has 15 heavy (non-hydrogen) atoms. The number of hydrogen-bond donors (Lipinski definition) is 0. The van der Waals surface area contributed by atoms with Gasteiger partial charge in [0.25, 0.3) is 5.92 Å². The van der Waals surface area contributed by atoms with Crippen molar-refractivity contribution in [2.45, 2.75) is 12.3 Å². The normalized spacial score (nSPS) is 11.9. The highest BCUT2D eigenvalue weighted by Crippen LogP contribution is 2.35. The second kappa shape index (κ2) is 3.61. The number of halogens is 2. The maximum Gasteiger partial charge on any atom is 0.273 e. The number of fused-ring (bicyclic) bond motifs is 1. The van der Waals surface area contributed by atoms with Crippen molar-refractivity contribution in [2.75, 3.05) is 0 Å². The molecule has 0 fully saturated rings. The number of benzene rings is 2. The lowest BCUT2D eigenvalue weighted by atomic mass is 9.98. The topological polar surface area (TPSA) is 0 Å². The van der Waals surface area contributed by atoms with E-state index in [1.807, 2.05) is 18.2 Å². The van der Waals surface area contributed by atoms with Crippen molar-refractivity contribution in [1.82, 2.24) is 0 Å². The summed E-state index contributed by atoms with van der Waals surface area (Å²) in [6.07, 6.45) is -0.416. The number of alkyl halides is 2. The molecule has 0 saturated heterocycles. The molecule has 0 aromatic heterocycles. The Labute approximate surface area is 87.5 Å². The summed E-state index contributed by atoms with van der Waals surface area (Å²) in [5.41, 5.74) is 0.0654. The van der Waals surface area contributed by atoms with E-state index in [1.165, 1.54) is 6.07 Å². The van der Waals surface area contributed by atoms with Gasteiger partial charge < -0.3 is 0 Å². The number of rotatable bonds is 2. The molecule has 2 aromatic rings. The lowest BCUT2D eigenvalue weighted by molar-refractivity contribution is -0.000105. The molecular formula is C13H11F2. The van der Waals surface area contributed by atoms with Crippen LogP contribution in [0.4, 0.5) is 8.78 Å². The van der Waals surface area contributed by atoms with E-state index in [2.05, 4.69) is 6.92 Å². The van der Waals surface area contributed by atoms with Crippen LogP contribution in [-0.4, -0.2) is 0 Å². The van der Waals surface area contributed by atoms with Crippen molar-refractivity contribution < 1.29 is 8.78 Å². The first-order valence-corrected chi connectivity index (χ1v) is 4.80. The van der Waals surface area contributed by atoms with Gasteiger partial charge in [0.2, 0.25) is 0 Å². The van der Waals surface area contributed by atoms with Gasteiger partial charge in [-0.05, 0) is 17.7 Å². The first kappa shape index (κ1) is 10.1. The van der Waals surface area contributed by atoms with Crippen molar-refractivity contribution in [1.29, 1.82) is 0 Å². The van der Waals surface area contributed by atoms with Crippen LogP contribution in [0.25, 0.3) is 10.8 Å². The van der Waals surface area contributed by atoms with Gasteiger partial charge in [0.05, 0.1) is 0 Å². The second-order valence-corrected chi connectivity index (χ2v) is 3.48. The van der Waals surface area contributed by atoms with Crippen LogP contribution in [0.2, 0.25) is 0 Å². The highest BCUT2D eigenvalue weighted by atomic mass is 19.3. The molecule has 2 heteroatoms. The van der Waals surface area contributed by atoms with Gasteiger partial charge in [-0.25, -0.2) is 8.78 Å². The van der Waals surface area contributed by atoms with Crippen LogP contribution in [0.5, 0.6) is 0 Å². The minimum atomic E-state index is -2.85. The van der Waals surface area contributed by atoms with Crippen molar-refractivity contribution >= 4 is 10.8 Å². The van der Waals surface area contributed by atoms with Gasteiger partial charge >= 0.3 is 0 Å². The Hall–Kier alpha value is -1.44. The summed E-state index contributed by atoms with van der Waals surface area (Å²) in [4.78, 5) is 0. The van der Waals surface area contributed by atoms with Crippen LogP contribution in [0.15, 0.2) is 42.5 Å². The highest BCUT2D eigenvalue weighted by molar-refractivity contribution is 5.86. The van der Waals surface area contributed by atoms with Crippen LogP contribution in [0.3, 0.4) is 0 Å². The summed E-state index contributed by atoms with van der Waals surface area (Å²) in [7, 11) is 0. The van der Waals surface area contributed by atoms with E-state index in [1.54, 1.807) is 18.2 Å². The molecule has 77 valence electrons. The molecule has 0 spiro atoms. The Morgan fingerprint density at radius 3 is 2.40 bits per heavy atom. The third kappa shape index (κ3) is 1.72. The molecule has 2 rings (SSSR count). The van der Waals surface area contributed by atoms with Gasteiger partial charge in [-0.1, -0.05) is 42.5 Å². The van der Waals surface area contributed by atoms with Crippen LogP contribution >= 0.6 is 0 Å². The zero-order chi connectivity index (χ0) is 10.9. The minimum Gasteiger partial charge on any atom is -0.201 e. The summed E-state index contributed by atoms with van der Waals surface area (Å²) < 4.78 is 27.1. The summed E-state index contributed by atoms with van der Waals surface area (Å²) in [6, 6.07) is 12.1. The van der Waals surface area contributed by atoms with E-state index < -0.39 is 12.3 Å². The number of hydrogen-bond acceptors (Lipinski definition) is 0. The van der Waals surface area contributed by atoms with Crippen molar-refractivity contribution in [3.05, 3.63) is 55.0 Å². The molecule has 0 amide bonds. The zero-order valence-electron chi connectivity index (χ0n) is 8.21. The van der Waals surface area contributed by atoms with E-state index in [9.17, 15) is 8.78 Å². The highest BCUT2D eigenvalue weighted by Gasteiger charge is 2.30. The lowest BCUT2D eigenvalue weighted by Gasteiger charge is -2.16. The average Bonchev–Trinajstić information content (AvgIpc) is 2.28. The molecule has 2 aromatic carbocycles. The molecule has 0 unspecified atom stereocenters. The SMILES string of the molecule is [CH2]CC(F)(F)c1cccc2ccccc12. The monoisotopic (exact) mass is 205 g/mol. The molecule has 0 N–H and O–H groups in total. The van der Waals surface area contributed by atoms with E-state index in [0.717, 1.165) is 5.39 Å². The van der Waals surface area contributed by atoms with Gasteiger partial charge in [-0.15, -0.1) is 0 Å². The van der Waals surface area contributed by atoms with E-state index >= 15 is 0 Å². The van der Waals surface area contributed by atoms with Gasteiger partial charge in [0.15, 0.2) is 0 Å². The van der Waals surface area contributed by atoms with Crippen LogP contribution in [0, 0.1) is 6.92 Å². The van der Waals surface area contributed by atoms with Crippen molar-refractivity contribution in [2.24, 2.45) is 0 Å². The Balaban J connectivity index is 2.71. The van der Waals surface area contributed by atoms with Gasteiger partial charge in [-0.3, -0.25) is 0 Å². The van der Waals surface area contributed by atoms with E-state index in [4.69, 9.17) is 0 Å². The summed E-state index contributed by atoms with van der Waals surface area (Å²) in [5.74, 6) is -2.85. The quantitative estimate of drug-likeness (QED) is 0.690. The summed E-state index contributed by atoms with van der Waals surface area (Å²) in [6.45, 7) is 3.29. The Morgan fingerprint density at radius 2 is 1.67 bits per heavy atom. The Kier molecular flexibility index (Phi) is 2.43. The largest absolute Gasteiger partial charge is 0.273 e. The zero-order valence-corrected chi connectivity index (χ0v) is 8.21. The fourth-order valence-electron chi connectivity index (χ4n) is 1.68.